The first-order valence-electron chi connectivity index (χ1n) is 7.88. The Labute approximate surface area is 127 Å². The molecule has 0 heterocycles. The lowest BCUT2D eigenvalue weighted by Crippen LogP contribution is -2.35. The fourth-order valence-electron chi connectivity index (χ4n) is 4.27. The Balaban J connectivity index is 2.00. The van der Waals surface area contributed by atoms with Crippen molar-refractivity contribution < 1.29 is 4.79 Å². The molecule has 2 aliphatic carbocycles. The number of benzene rings is 1. The molecular formula is C20H24O. The molecule has 0 saturated heterocycles. The van der Waals surface area contributed by atoms with Gasteiger partial charge in [0.15, 0.2) is 5.78 Å². The molecule has 1 nitrogen and oxygen atoms in total. The van der Waals surface area contributed by atoms with Crippen LogP contribution in [-0.4, -0.2) is 5.78 Å². The van der Waals surface area contributed by atoms with Crippen LogP contribution < -0.4 is 0 Å². The smallest absolute Gasteiger partial charge is 0.169 e. The van der Waals surface area contributed by atoms with E-state index in [9.17, 15) is 4.79 Å². The van der Waals surface area contributed by atoms with E-state index < -0.39 is 0 Å². The number of allylic oxidation sites excluding steroid dienone is 2. The van der Waals surface area contributed by atoms with Crippen LogP contribution in [0, 0.1) is 30.1 Å². The zero-order valence-corrected chi connectivity index (χ0v) is 13.4. The summed E-state index contributed by atoms with van der Waals surface area (Å²) in [5.41, 5.74) is 4.14. The van der Waals surface area contributed by atoms with Gasteiger partial charge in [0.05, 0.1) is 5.41 Å². The summed E-state index contributed by atoms with van der Waals surface area (Å²) in [6.45, 7) is 12.9. The second-order valence-electron chi connectivity index (χ2n) is 7.21. The molecule has 0 N–H and O–H groups in total. The van der Waals surface area contributed by atoms with Crippen LogP contribution in [0.15, 0.2) is 42.0 Å². The van der Waals surface area contributed by atoms with Gasteiger partial charge in [-0.15, -0.1) is 0 Å². The molecule has 0 aromatic heterocycles. The lowest BCUT2D eigenvalue weighted by Gasteiger charge is -2.33. The van der Waals surface area contributed by atoms with E-state index in [0.29, 0.717) is 17.6 Å². The molecule has 0 aliphatic heterocycles. The lowest BCUT2D eigenvalue weighted by atomic mass is 9.68. The number of Topliss-reactive ketones (excluding diaryl/α,β-unsaturated/α-hetero) is 1. The molecule has 3 atom stereocenters. The summed E-state index contributed by atoms with van der Waals surface area (Å²) in [4.78, 5) is 13.0. The minimum atomic E-state index is -0.338. The Morgan fingerprint density at radius 3 is 2.43 bits per heavy atom. The van der Waals surface area contributed by atoms with E-state index in [1.165, 1.54) is 5.56 Å². The highest BCUT2D eigenvalue weighted by Gasteiger charge is 2.60. The summed E-state index contributed by atoms with van der Waals surface area (Å²) in [5, 5.41) is 0. The third kappa shape index (κ3) is 1.94. The number of carbonyl (C=O) groups excluding carboxylic acids is 1. The number of rotatable bonds is 2. The maximum absolute atomic E-state index is 13.0. The number of ketones is 1. The van der Waals surface area contributed by atoms with Crippen molar-refractivity contribution in [2.75, 3.05) is 0 Å². The molecule has 2 bridgehead atoms. The van der Waals surface area contributed by atoms with Gasteiger partial charge in [-0.05, 0) is 43.7 Å². The Kier molecular flexibility index (Phi) is 3.20. The van der Waals surface area contributed by atoms with Gasteiger partial charge in [-0.3, -0.25) is 4.79 Å². The minimum Gasteiger partial charge on any atom is -0.294 e. The van der Waals surface area contributed by atoms with E-state index in [2.05, 4.69) is 64.6 Å². The molecule has 0 amide bonds. The van der Waals surface area contributed by atoms with E-state index in [1.807, 2.05) is 0 Å². The van der Waals surface area contributed by atoms with Crippen LogP contribution in [-0.2, 0) is 4.79 Å². The Morgan fingerprint density at radius 2 is 1.90 bits per heavy atom. The highest BCUT2D eigenvalue weighted by Crippen LogP contribution is 2.62. The molecule has 3 unspecified atom stereocenters. The van der Waals surface area contributed by atoms with E-state index in [1.54, 1.807) is 0 Å². The van der Waals surface area contributed by atoms with Crippen LogP contribution in [0.5, 0.6) is 0 Å². The number of fused-ring (bicyclic) bond motifs is 2. The molecule has 0 radical (unpaired) electrons. The van der Waals surface area contributed by atoms with Gasteiger partial charge in [-0.2, -0.15) is 0 Å². The van der Waals surface area contributed by atoms with Gasteiger partial charge in [0.2, 0.25) is 0 Å². The van der Waals surface area contributed by atoms with Crippen LogP contribution in [0.4, 0.5) is 0 Å². The quantitative estimate of drug-likeness (QED) is 0.561. The third-order valence-electron chi connectivity index (χ3n) is 5.63. The Morgan fingerprint density at radius 1 is 1.29 bits per heavy atom. The Hall–Kier alpha value is -1.63. The summed E-state index contributed by atoms with van der Waals surface area (Å²) >= 11 is 0. The largest absolute Gasteiger partial charge is 0.294 e. The molecule has 110 valence electrons. The molecule has 2 fully saturated rings. The summed E-state index contributed by atoms with van der Waals surface area (Å²) in [6.07, 6.45) is 3.16. The van der Waals surface area contributed by atoms with Crippen molar-refractivity contribution in [3.05, 3.63) is 53.1 Å². The summed E-state index contributed by atoms with van der Waals surface area (Å²) < 4.78 is 0. The van der Waals surface area contributed by atoms with Crippen molar-refractivity contribution in [3.63, 3.8) is 0 Å². The van der Waals surface area contributed by atoms with Crippen molar-refractivity contribution in [2.45, 2.75) is 34.1 Å². The van der Waals surface area contributed by atoms with Gasteiger partial charge < -0.3 is 0 Å². The van der Waals surface area contributed by atoms with Crippen LogP contribution in [0.3, 0.4) is 0 Å². The summed E-state index contributed by atoms with van der Waals surface area (Å²) in [6, 6.07) is 8.37. The molecule has 1 aromatic rings. The first-order valence-corrected chi connectivity index (χ1v) is 7.88. The number of aryl methyl sites for hydroxylation is 1. The molecular weight excluding hydrogens is 256 g/mol. The predicted molar refractivity (Wildman–Crippen MR) is 87.8 cm³/mol. The first-order chi connectivity index (χ1) is 9.85. The Bertz CT molecular complexity index is 632. The molecule has 2 saturated carbocycles. The van der Waals surface area contributed by atoms with Crippen LogP contribution in [0.1, 0.15) is 38.3 Å². The van der Waals surface area contributed by atoms with Crippen LogP contribution in [0.25, 0.3) is 6.08 Å². The van der Waals surface area contributed by atoms with Crippen LogP contribution >= 0.6 is 0 Å². The maximum Gasteiger partial charge on any atom is 0.169 e. The van der Waals surface area contributed by atoms with E-state index in [4.69, 9.17) is 0 Å². The zero-order chi connectivity index (χ0) is 15.4. The molecule has 2 aliphatic rings. The van der Waals surface area contributed by atoms with Gasteiger partial charge in [0, 0.05) is 11.5 Å². The minimum absolute atomic E-state index is 0.260. The van der Waals surface area contributed by atoms with Crippen molar-refractivity contribution >= 4 is 11.9 Å². The topological polar surface area (TPSA) is 17.1 Å². The van der Waals surface area contributed by atoms with Gasteiger partial charge in [-0.1, -0.05) is 55.8 Å². The van der Waals surface area contributed by atoms with Crippen molar-refractivity contribution in [1.82, 2.24) is 0 Å². The highest BCUT2D eigenvalue weighted by atomic mass is 16.1. The van der Waals surface area contributed by atoms with Gasteiger partial charge in [-0.25, -0.2) is 0 Å². The molecule has 1 heteroatoms. The molecule has 21 heavy (non-hydrogen) atoms. The number of carbonyl (C=O) groups is 1. The van der Waals surface area contributed by atoms with Gasteiger partial charge in [0.25, 0.3) is 0 Å². The number of hydrogen-bond acceptors (Lipinski definition) is 1. The standard InChI is InChI=1S/C20H24O/c1-12(2)18-11-16-14(4)20(18,5)19(21)17(16)10-15-8-6-13(3)7-9-15/h6-10,12,16,18H,4,11H2,1-3,5H3/b17-10+. The van der Waals surface area contributed by atoms with E-state index in [0.717, 1.165) is 23.1 Å². The predicted octanol–water partition coefficient (Wildman–Crippen LogP) is 4.82. The average Bonchev–Trinajstić information content (AvgIpc) is 2.79. The van der Waals surface area contributed by atoms with Crippen molar-refractivity contribution in [1.29, 1.82) is 0 Å². The monoisotopic (exact) mass is 280 g/mol. The summed E-state index contributed by atoms with van der Waals surface area (Å²) in [5.74, 6) is 1.54. The fraction of sp³-hybridized carbons (Fsp3) is 0.450. The first kappa shape index (κ1) is 14.3. The normalized spacial score (nSPS) is 33.5. The molecule has 0 spiro atoms. The summed E-state index contributed by atoms with van der Waals surface area (Å²) in [7, 11) is 0. The zero-order valence-electron chi connectivity index (χ0n) is 13.4. The number of hydrogen-bond donors (Lipinski definition) is 0. The molecule has 3 rings (SSSR count). The van der Waals surface area contributed by atoms with E-state index >= 15 is 0 Å². The van der Waals surface area contributed by atoms with Gasteiger partial charge >= 0.3 is 0 Å². The van der Waals surface area contributed by atoms with Crippen molar-refractivity contribution in [2.24, 2.45) is 23.2 Å². The highest BCUT2D eigenvalue weighted by molar-refractivity contribution is 6.10. The maximum atomic E-state index is 13.0. The third-order valence-corrected chi connectivity index (χ3v) is 5.63. The fourth-order valence-corrected chi connectivity index (χ4v) is 4.27. The van der Waals surface area contributed by atoms with Crippen molar-refractivity contribution in [3.8, 4) is 0 Å². The second kappa shape index (κ2) is 4.69. The SMILES string of the molecule is C=C1C2CC(C(C)C)C1(C)C(=O)/C2=C/c1ccc(C)cc1. The second-order valence-corrected chi connectivity index (χ2v) is 7.21. The molecule has 1 aromatic carbocycles. The average molecular weight is 280 g/mol. The van der Waals surface area contributed by atoms with E-state index in [-0.39, 0.29) is 11.3 Å². The van der Waals surface area contributed by atoms with Gasteiger partial charge in [0.1, 0.15) is 0 Å². The lowest BCUT2D eigenvalue weighted by molar-refractivity contribution is -0.124. The van der Waals surface area contributed by atoms with Crippen LogP contribution in [0.2, 0.25) is 0 Å².